The smallest absolute Gasteiger partial charge is 0.423 e. The topological polar surface area (TPSA) is 93.1 Å². The molecule has 0 radical (unpaired) electrons. The summed E-state index contributed by atoms with van der Waals surface area (Å²) in [5, 5.41) is 0. The SMILES string of the molecule is O=C(Oc1ccc(OP(=O)(O)O)cc1)c1ccccc1. The molecule has 0 spiro atoms. The van der Waals surface area contributed by atoms with Crippen molar-refractivity contribution in [2.24, 2.45) is 0 Å². The molecule has 0 saturated heterocycles. The fraction of sp³-hybridized carbons (Fsp3) is 0. The van der Waals surface area contributed by atoms with Gasteiger partial charge in [0.1, 0.15) is 11.5 Å². The third kappa shape index (κ3) is 4.20. The minimum atomic E-state index is -4.59. The molecule has 104 valence electrons. The van der Waals surface area contributed by atoms with Crippen molar-refractivity contribution in [1.82, 2.24) is 0 Å². The number of esters is 1. The average Bonchev–Trinajstić information content (AvgIpc) is 2.40. The van der Waals surface area contributed by atoms with Gasteiger partial charge in [0.15, 0.2) is 0 Å². The van der Waals surface area contributed by atoms with Gasteiger partial charge >= 0.3 is 13.8 Å². The summed E-state index contributed by atoms with van der Waals surface area (Å²) in [6.45, 7) is 0. The Morgan fingerprint density at radius 3 is 2.00 bits per heavy atom. The molecule has 0 amide bonds. The van der Waals surface area contributed by atoms with Crippen molar-refractivity contribution in [2.45, 2.75) is 0 Å². The third-order valence-corrected chi connectivity index (χ3v) is 2.72. The van der Waals surface area contributed by atoms with Gasteiger partial charge in [-0.2, -0.15) is 0 Å². The van der Waals surface area contributed by atoms with Gasteiger partial charge in [-0.15, -0.1) is 0 Å². The van der Waals surface area contributed by atoms with Gasteiger partial charge in [0.2, 0.25) is 0 Å². The maximum atomic E-state index is 11.7. The highest BCUT2D eigenvalue weighted by molar-refractivity contribution is 7.46. The lowest BCUT2D eigenvalue weighted by Crippen LogP contribution is -2.07. The lowest BCUT2D eigenvalue weighted by atomic mass is 10.2. The standard InChI is InChI=1S/C13H11O6P/c14-13(10-4-2-1-3-5-10)18-11-6-8-12(9-7-11)19-20(15,16)17/h1-9H,(H2,15,16,17). The first-order valence-corrected chi connectivity index (χ1v) is 7.09. The summed E-state index contributed by atoms with van der Waals surface area (Å²) in [6, 6.07) is 13.8. The van der Waals surface area contributed by atoms with Crippen LogP contribution in [0.4, 0.5) is 0 Å². The van der Waals surface area contributed by atoms with Crippen molar-refractivity contribution in [2.75, 3.05) is 0 Å². The molecular weight excluding hydrogens is 283 g/mol. The predicted octanol–water partition coefficient (Wildman–Crippen LogP) is 2.38. The first-order valence-electron chi connectivity index (χ1n) is 5.56. The molecule has 2 aromatic rings. The fourth-order valence-corrected chi connectivity index (χ4v) is 1.84. The Labute approximate surface area is 114 Å². The highest BCUT2D eigenvalue weighted by Crippen LogP contribution is 2.37. The lowest BCUT2D eigenvalue weighted by Gasteiger charge is -2.08. The van der Waals surface area contributed by atoms with Crippen LogP contribution < -0.4 is 9.26 Å². The molecule has 0 unspecified atom stereocenters. The molecule has 0 heterocycles. The molecule has 2 aromatic carbocycles. The highest BCUT2D eigenvalue weighted by atomic mass is 31.2. The van der Waals surface area contributed by atoms with Gasteiger partial charge in [0.05, 0.1) is 5.56 Å². The molecule has 6 nitrogen and oxygen atoms in total. The minimum absolute atomic E-state index is 0.0159. The molecule has 0 aliphatic rings. The molecule has 0 aliphatic carbocycles. The Hall–Kier alpha value is -2.14. The highest BCUT2D eigenvalue weighted by Gasteiger charge is 2.15. The molecule has 7 heteroatoms. The Kier molecular flexibility index (Phi) is 4.20. The molecule has 0 bridgehead atoms. The second kappa shape index (κ2) is 5.88. The quantitative estimate of drug-likeness (QED) is 0.511. The van der Waals surface area contributed by atoms with E-state index in [0.29, 0.717) is 5.56 Å². The predicted molar refractivity (Wildman–Crippen MR) is 70.5 cm³/mol. The Morgan fingerprint density at radius 2 is 1.45 bits per heavy atom. The van der Waals surface area contributed by atoms with Crippen molar-refractivity contribution >= 4 is 13.8 Å². The van der Waals surface area contributed by atoms with Crippen LogP contribution in [0.2, 0.25) is 0 Å². The summed E-state index contributed by atoms with van der Waals surface area (Å²) < 4.78 is 20.1. The summed E-state index contributed by atoms with van der Waals surface area (Å²) in [5.74, 6) is -0.288. The number of carbonyl (C=O) groups excluding carboxylic acids is 1. The molecule has 0 aliphatic heterocycles. The normalized spacial score (nSPS) is 10.9. The van der Waals surface area contributed by atoms with E-state index in [-0.39, 0.29) is 11.5 Å². The third-order valence-electron chi connectivity index (χ3n) is 2.27. The van der Waals surface area contributed by atoms with Gasteiger partial charge < -0.3 is 9.26 Å². The Morgan fingerprint density at radius 1 is 0.900 bits per heavy atom. The molecule has 2 N–H and O–H groups in total. The van der Waals surface area contributed by atoms with Crippen LogP contribution in [0.15, 0.2) is 54.6 Å². The maximum absolute atomic E-state index is 11.7. The fourth-order valence-electron chi connectivity index (χ4n) is 1.45. The largest absolute Gasteiger partial charge is 0.524 e. The van der Waals surface area contributed by atoms with Gasteiger partial charge in [-0.3, -0.25) is 9.79 Å². The number of rotatable bonds is 4. The van der Waals surface area contributed by atoms with E-state index in [1.807, 2.05) is 0 Å². The zero-order valence-electron chi connectivity index (χ0n) is 10.2. The van der Waals surface area contributed by atoms with Crippen LogP contribution in [-0.2, 0) is 4.57 Å². The van der Waals surface area contributed by atoms with E-state index in [1.54, 1.807) is 30.3 Å². The zero-order valence-corrected chi connectivity index (χ0v) is 11.1. The van der Waals surface area contributed by atoms with Crippen LogP contribution in [0.5, 0.6) is 11.5 Å². The summed E-state index contributed by atoms with van der Waals surface area (Å²) in [4.78, 5) is 29.0. The van der Waals surface area contributed by atoms with Crippen LogP contribution in [0.25, 0.3) is 0 Å². The summed E-state index contributed by atoms with van der Waals surface area (Å²) in [5.41, 5.74) is 0.406. The zero-order chi connectivity index (χ0) is 14.6. The molecule has 0 fully saturated rings. The number of hydrogen-bond acceptors (Lipinski definition) is 4. The monoisotopic (exact) mass is 294 g/mol. The van der Waals surface area contributed by atoms with Crippen LogP contribution in [0.1, 0.15) is 10.4 Å². The molecular formula is C13H11O6P. The summed E-state index contributed by atoms with van der Waals surface area (Å²) in [6.07, 6.45) is 0. The van der Waals surface area contributed by atoms with Crippen LogP contribution >= 0.6 is 7.82 Å². The molecule has 0 atom stereocenters. The first-order chi connectivity index (χ1) is 9.44. The van der Waals surface area contributed by atoms with Gasteiger partial charge in [-0.25, -0.2) is 9.36 Å². The van der Waals surface area contributed by atoms with Gasteiger partial charge in [-0.1, -0.05) is 18.2 Å². The number of carbonyl (C=O) groups is 1. The van der Waals surface area contributed by atoms with E-state index in [9.17, 15) is 9.36 Å². The molecule has 0 aromatic heterocycles. The van der Waals surface area contributed by atoms with E-state index in [4.69, 9.17) is 14.5 Å². The molecule has 2 rings (SSSR count). The van der Waals surface area contributed by atoms with Gasteiger partial charge in [-0.05, 0) is 36.4 Å². The van der Waals surface area contributed by atoms with Crippen molar-refractivity contribution in [3.05, 3.63) is 60.2 Å². The van der Waals surface area contributed by atoms with Crippen LogP contribution in [0, 0.1) is 0 Å². The summed E-state index contributed by atoms with van der Waals surface area (Å²) >= 11 is 0. The van der Waals surface area contributed by atoms with E-state index >= 15 is 0 Å². The van der Waals surface area contributed by atoms with Crippen molar-refractivity contribution in [3.63, 3.8) is 0 Å². The van der Waals surface area contributed by atoms with E-state index in [0.717, 1.165) is 0 Å². The van der Waals surface area contributed by atoms with Crippen LogP contribution in [-0.4, -0.2) is 15.8 Å². The second-order valence-electron chi connectivity index (χ2n) is 3.81. The van der Waals surface area contributed by atoms with E-state index in [2.05, 4.69) is 4.52 Å². The van der Waals surface area contributed by atoms with Crippen molar-refractivity contribution < 1.29 is 28.4 Å². The maximum Gasteiger partial charge on any atom is 0.524 e. The number of ether oxygens (including phenoxy) is 1. The van der Waals surface area contributed by atoms with Crippen molar-refractivity contribution in [1.29, 1.82) is 0 Å². The first kappa shape index (κ1) is 14.3. The molecule has 20 heavy (non-hydrogen) atoms. The average molecular weight is 294 g/mol. The second-order valence-corrected chi connectivity index (χ2v) is 4.97. The number of benzene rings is 2. The summed E-state index contributed by atoms with van der Waals surface area (Å²) in [7, 11) is -4.59. The van der Waals surface area contributed by atoms with Gasteiger partial charge in [0, 0.05) is 0 Å². The Balaban J connectivity index is 2.04. The number of phosphoric ester groups is 1. The van der Waals surface area contributed by atoms with E-state index in [1.165, 1.54) is 24.3 Å². The number of phosphoric acid groups is 1. The van der Waals surface area contributed by atoms with Crippen LogP contribution in [0.3, 0.4) is 0 Å². The minimum Gasteiger partial charge on any atom is -0.423 e. The Bertz CT molecular complexity index is 632. The lowest BCUT2D eigenvalue weighted by molar-refractivity contribution is 0.0734. The van der Waals surface area contributed by atoms with Crippen molar-refractivity contribution in [3.8, 4) is 11.5 Å². The number of hydrogen-bond donors (Lipinski definition) is 2. The van der Waals surface area contributed by atoms with Gasteiger partial charge in [0.25, 0.3) is 0 Å². The molecule has 0 saturated carbocycles. The van der Waals surface area contributed by atoms with E-state index < -0.39 is 13.8 Å².